The summed E-state index contributed by atoms with van der Waals surface area (Å²) in [5, 5.41) is 16.1. The van der Waals surface area contributed by atoms with Gasteiger partial charge in [-0.2, -0.15) is 0 Å². The molecule has 0 aliphatic heterocycles. The Labute approximate surface area is 124 Å². The average Bonchev–Trinajstić information content (AvgIpc) is 2.94. The van der Waals surface area contributed by atoms with Crippen molar-refractivity contribution in [2.45, 2.75) is 25.9 Å². The van der Waals surface area contributed by atoms with Crippen molar-refractivity contribution in [3.63, 3.8) is 0 Å². The molecule has 116 valence electrons. The molecule has 0 aromatic carbocycles. The van der Waals surface area contributed by atoms with Crippen molar-refractivity contribution >= 4 is 17.3 Å². The first-order valence-corrected chi connectivity index (χ1v) is 7.23. The molecule has 0 saturated carbocycles. The van der Waals surface area contributed by atoms with Crippen LogP contribution >= 0.6 is 0 Å². The fourth-order valence-corrected chi connectivity index (χ4v) is 2.02. The molecule has 0 bridgehead atoms. The zero-order valence-electron chi connectivity index (χ0n) is 12.5. The van der Waals surface area contributed by atoms with Crippen molar-refractivity contribution in [1.82, 2.24) is 14.4 Å². The number of aliphatic hydroxyl groups is 1. The van der Waals surface area contributed by atoms with E-state index >= 15 is 0 Å². The minimum atomic E-state index is -0.473. The molecule has 2 aromatic heterocycles. The van der Waals surface area contributed by atoms with E-state index < -0.39 is 6.10 Å². The number of rotatable bonds is 9. The third kappa shape index (κ3) is 4.30. The van der Waals surface area contributed by atoms with Crippen molar-refractivity contribution in [3.05, 3.63) is 18.6 Å². The molecule has 0 aliphatic carbocycles. The predicted molar refractivity (Wildman–Crippen MR) is 82.8 cm³/mol. The van der Waals surface area contributed by atoms with Crippen LogP contribution in [-0.4, -0.2) is 52.4 Å². The molecule has 0 spiro atoms. The van der Waals surface area contributed by atoms with Gasteiger partial charge in [0, 0.05) is 32.6 Å². The number of fused-ring (bicyclic) bond motifs is 1. The summed E-state index contributed by atoms with van der Waals surface area (Å²) in [6.07, 6.45) is 6.71. The van der Waals surface area contributed by atoms with Gasteiger partial charge in [-0.25, -0.2) is 9.97 Å². The van der Waals surface area contributed by atoms with E-state index in [2.05, 4.69) is 27.5 Å². The summed E-state index contributed by atoms with van der Waals surface area (Å²) in [7, 11) is 1.58. The molecule has 7 heteroatoms. The summed E-state index contributed by atoms with van der Waals surface area (Å²) < 4.78 is 6.84. The quantitative estimate of drug-likeness (QED) is 0.647. The van der Waals surface area contributed by atoms with Crippen LogP contribution in [0.25, 0.3) is 5.65 Å². The Kier molecular flexibility index (Phi) is 5.77. The monoisotopic (exact) mass is 293 g/mol. The Balaban J connectivity index is 2.04. The molecule has 21 heavy (non-hydrogen) atoms. The van der Waals surface area contributed by atoms with Crippen LogP contribution in [0.2, 0.25) is 0 Å². The first kappa shape index (κ1) is 15.5. The summed E-state index contributed by atoms with van der Waals surface area (Å²) >= 11 is 0. The molecule has 0 saturated heterocycles. The Morgan fingerprint density at radius 1 is 1.38 bits per heavy atom. The van der Waals surface area contributed by atoms with Crippen LogP contribution in [0.1, 0.15) is 19.8 Å². The zero-order valence-corrected chi connectivity index (χ0v) is 12.5. The summed E-state index contributed by atoms with van der Waals surface area (Å²) in [6, 6.07) is 0. The van der Waals surface area contributed by atoms with E-state index in [1.54, 1.807) is 13.3 Å². The van der Waals surface area contributed by atoms with Crippen molar-refractivity contribution < 1.29 is 9.84 Å². The SMILES string of the molecule is CCCNc1cn2ccnc2c(NCCC(O)COC)n1. The van der Waals surface area contributed by atoms with Gasteiger partial charge in [-0.05, 0) is 12.8 Å². The smallest absolute Gasteiger partial charge is 0.180 e. The number of nitrogens with zero attached hydrogens (tertiary/aromatic N) is 3. The largest absolute Gasteiger partial charge is 0.391 e. The van der Waals surface area contributed by atoms with Crippen LogP contribution < -0.4 is 10.6 Å². The van der Waals surface area contributed by atoms with E-state index in [9.17, 15) is 5.11 Å². The first-order chi connectivity index (χ1) is 10.2. The fourth-order valence-electron chi connectivity index (χ4n) is 2.02. The molecule has 1 atom stereocenters. The zero-order chi connectivity index (χ0) is 15.1. The van der Waals surface area contributed by atoms with Gasteiger partial charge in [-0.3, -0.25) is 0 Å². The van der Waals surface area contributed by atoms with Crippen LogP contribution in [0, 0.1) is 0 Å². The number of imidazole rings is 1. The van der Waals surface area contributed by atoms with Crippen molar-refractivity contribution in [3.8, 4) is 0 Å². The molecule has 0 aliphatic rings. The van der Waals surface area contributed by atoms with Gasteiger partial charge >= 0.3 is 0 Å². The van der Waals surface area contributed by atoms with E-state index in [-0.39, 0.29) is 0 Å². The lowest BCUT2D eigenvalue weighted by molar-refractivity contribution is 0.0615. The predicted octanol–water partition coefficient (Wildman–Crippen LogP) is 1.36. The van der Waals surface area contributed by atoms with Gasteiger partial charge in [0.1, 0.15) is 5.82 Å². The Morgan fingerprint density at radius 3 is 3.00 bits per heavy atom. The van der Waals surface area contributed by atoms with Crippen molar-refractivity contribution in [1.29, 1.82) is 0 Å². The molecule has 0 amide bonds. The maximum atomic E-state index is 9.65. The van der Waals surface area contributed by atoms with Gasteiger partial charge in [-0.1, -0.05) is 6.92 Å². The number of hydrogen-bond acceptors (Lipinski definition) is 6. The maximum Gasteiger partial charge on any atom is 0.180 e. The van der Waals surface area contributed by atoms with Gasteiger partial charge in [0.15, 0.2) is 11.5 Å². The number of hydrogen-bond donors (Lipinski definition) is 3. The third-order valence-electron chi connectivity index (χ3n) is 3.06. The van der Waals surface area contributed by atoms with Crippen LogP contribution in [0.4, 0.5) is 11.6 Å². The minimum absolute atomic E-state index is 0.339. The molecular formula is C14H23N5O2. The molecular weight excluding hydrogens is 270 g/mol. The van der Waals surface area contributed by atoms with Gasteiger partial charge in [0.25, 0.3) is 0 Å². The van der Waals surface area contributed by atoms with Gasteiger partial charge < -0.3 is 24.9 Å². The number of aromatic nitrogens is 3. The van der Waals surface area contributed by atoms with Gasteiger partial charge in [0.2, 0.25) is 0 Å². The van der Waals surface area contributed by atoms with Crippen molar-refractivity contribution in [2.75, 3.05) is 37.4 Å². The van der Waals surface area contributed by atoms with E-state index in [4.69, 9.17) is 4.74 Å². The van der Waals surface area contributed by atoms with Gasteiger partial charge in [0.05, 0.1) is 18.9 Å². The topological polar surface area (TPSA) is 83.7 Å². The third-order valence-corrected chi connectivity index (χ3v) is 3.06. The number of anilines is 2. The van der Waals surface area contributed by atoms with E-state index in [1.165, 1.54) is 0 Å². The number of methoxy groups -OCH3 is 1. The number of nitrogens with one attached hydrogen (secondary N) is 2. The van der Waals surface area contributed by atoms with Gasteiger partial charge in [-0.15, -0.1) is 0 Å². The highest BCUT2D eigenvalue weighted by Gasteiger charge is 2.08. The second kappa shape index (κ2) is 7.80. The lowest BCUT2D eigenvalue weighted by Gasteiger charge is -2.12. The van der Waals surface area contributed by atoms with E-state index in [0.717, 1.165) is 24.4 Å². The highest BCUT2D eigenvalue weighted by Crippen LogP contribution is 2.16. The van der Waals surface area contributed by atoms with E-state index in [1.807, 2.05) is 16.8 Å². The highest BCUT2D eigenvalue weighted by molar-refractivity contribution is 5.65. The highest BCUT2D eigenvalue weighted by atomic mass is 16.5. The molecule has 0 fully saturated rings. The lowest BCUT2D eigenvalue weighted by Crippen LogP contribution is -2.19. The molecule has 2 aromatic rings. The summed E-state index contributed by atoms with van der Waals surface area (Å²) in [6.45, 7) is 3.93. The van der Waals surface area contributed by atoms with Crippen LogP contribution in [0.15, 0.2) is 18.6 Å². The fraction of sp³-hybridized carbons (Fsp3) is 0.571. The molecule has 7 nitrogen and oxygen atoms in total. The molecule has 3 N–H and O–H groups in total. The number of aliphatic hydroxyl groups excluding tert-OH is 1. The average molecular weight is 293 g/mol. The summed E-state index contributed by atoms with van der Waals surface area (Å²) in [5.41, 5.74) is 0.776. The summed E-state index contributed by atoms with van der Waals surface area (Å²) in [4.78, 5) is 8.83. The normalized spacial score (nSPS) is 12.5. The molecule has 2 rings (SSSR count). The first-order valence-electron chi connectivity index (χ1n) is 7.23. The molecule has 1 unspecified atom stereocenters. The second-order valence-electron chi connectivity index (χ2n) is 4.88. The Hall–Kier alpha value is -1.86. The summed E-state index contributed by atoms with van der Waals surface area (Å²) in [5.74, 6) is 1.52. The molecule has 2 heterocycles. The second-order valence-corrected chi connectivity index (χ2v) is 4.88. The van der Waals surface area contributed by atoms with Crippen molar-refractivity contribution in [2.24, 2.45) is 0 Å². The Morgan fingerprint density at radius 2 is 2.24 bits per heavy atom. The standard InChI is InChI=1S/C14H23N5O2/c1-3-5-15-12-9-19-8-7-17-14(19)13(18-12)16-6-4-11(20)10-21-2/h7-9,11,15,20H,3-6,10H2,1-2H3,(H,16,18). The number of ether oxygens (including phenoxy) is 1. The minimum Gasteiger partial charge on any atom is -0.391 e. The Bertz CT molecular complexity index is 557. The maximum absolute atomic E-state index is 9.65. The lowest BCUT2D eigenvalue weighted by atomic mass is 10.2. The van der Waals surface area contributed by atoms with E-state index in [0.29, 0.717) is 25.4 Å². The van der Waals surface area contributed by atoms with Crippen LogP contribution in [-0.2, 0) is 4.74 Å². The van der Waals surface area contributed by atoms with Crippen LogP contribution in [0.5, 0.6) is 0 Å². The molecule has 0 radical (unpaired) electrons. The van der Waals surface area contributed by atoms with Crippen LogP contribution in [0.3, 0.4) is 0 Å².